The first-order valence-electron chi connectivity index (χ1n) is 8.22. The van der Waals surface area contributed by atoms with Crippen molar-refractivity contribution in [3.63, 3.8) is 0 Å². The maximum Gasteiger partial charge on any atom is 0.329 e. The highest BCUT2D eigenvalue weighted by molar-refractivity contribution is 5.89. The Balaban J connectivity index is 1.82. The summed E-state index contributed by atoms with van der Waals surface area (Å²) in [6, 6.07) is 8.50. The number of ether oxygens (including phenoxy) is 1. The minimum Gasteiger partial charge on any atom is -0.455 e. The monoisotopic (exact) mass is 355 g/mol. The summed E-state index contributed by atoms with van der Waals surface area (Å²) in [7, 11) is 3.35. The third-order valence-electron chi connectivity index (χ3n) is 3.85. The number of imidazole rings is 1. The second-order valence-electron chi connectivity index (χ2n) is 6.26. The van der Waals surface area contributed by atoms with Crippen LogP contribution in [0.2, 0.25) is 0 Å². The molecule has 0 radical (unpaired) electrons. The van der Waals surface area contributed by atoms with Gasteiger partial charge >= 0.3 is 11.7 Å². The first kappa shape index (κ1) is 17.5. The smallest absolute Gasteiger partial charge is 0.329 e. The number of aromatic nitrogens is 3. The van der Waals surface area contributed by atoms with Gasteiger partial charge in [0.1, 0.15) is 11.3 Å². The van der Waals surface area contributed by atoms with Crippen molar-refractivity contribution in [1.82, 2.24) is 19.4 Å². The summed E-state index contributed by atoms with van der Waals surface area (Å²) in [5.41, 5.74) is 1.67. The molecule has 136 valence electrons. The molecule has 1 aromatic carbocycles. The number of nitrogens with one attached hydrogen (secondary N) is 2. The zero-order chi connectivity index (χ0) is 18.8. The minimum absolute atomic E-state index is 0.0595. The van der Waals surface area contributed by atoms with E-state index in [2.05, 4.69) is 15.6 Å². The van der Waals surface area contributed by atoms with Crippen LogP contribution in [0.4, 0.5) is 10.5 Å². The van der Waals surface area contributed by atoms with Crippen LogP contribution >= 0.6 is 0 Å². The van der Waals surface area contributed by atoms with Crippen molar-refractivity contribution in [3.8, 4) is 11.5 Å². The molecular weight excluding hydrogens is 334 g/mol. The van der Waals surface area contributed by atoms with E-state index < -0.39 is 0 Å². The van der Waals surface area contributed by atoms with Crippen LogP contribution in [0, 0.1) is 0 Å². The van der Waals surface area contributed by atoms with E-state index in [0.29, 0.717) is 28.4 Å². The van der Waals surface area contributed by atoms with E-state index in [-0.39, 0.29) is 17.8 Å². The van der Waals surface area contributed by atoms with Gasteiger partial charge in [0.2, 0.25) is 0 Å². The molecule has 3 aromatic rings. The molecule has 0 saturated heterocycles. The van der Waals surface area contributed by atoms with Crippen LogP contribution < -0.4 is 21.1 Å². The molecule has 0 fully saturated rings. The number of hydrogen-bond donors (Lipinski definition) is 2. The van der Waals surface area contributed by atoms with E-state index in [4.69, 9.17) is 4.74 Å². The molecular formula is C18H21N5O3. The lowest BCUT2D eigenvalue weighted by Crippen LogP contribution is -2.34. The molecule has 0 bridgehead atoms. The third-order valence-corrected chi connectivity index (χ3v) is 3.85. The number of urea groups is 1. The van der Waals surface area contributed by atoms with Crippen LogP contribution in [-0.4, -0.2) is 26.2 Å². The first-order valence-corrected chi connectivity index (χ1v) is 8.22. The molecule has 0 aliphatic rings. The van der Waals surface area contributed by atoms with Gasteiger partial charge in [-0.15, -0.1) is 0 Å². The Kier molecular flexibility index (Phi) is 4.66. The molecule has 0 saturated carbocycles. The van der Waals surface area contributed by atoms with Gasteiger partial charge in [-0.25, -0.2) is 14.6 Å². The highest BCUT2D eigenvalue weighted by atomic mass is 16.5. The fraction of sp³-hybridized carbons (Fsp3) is 0.278. The summed E-state index contributed by atoms with van der Waals surface area (Å²) >= 11 is 0. The summed E-state index contributed by atoms with van der Waals surface area (Å²) in [4.78, 5) is 28.1. The summed E-state index contributed by atoms with van der Waals surface area (Å²) in [5.74, 6) is 1.12. The van der Waals surface area contributed by atoms with Gasteiger partial charge in [-0.3, -0.25) is 9.13 Å². The van der Waals surface area contributed by atoms with Crippen LogP contribution in [0.5, 0.6) is 11.5 Å². The van der Waals surface area contributed by atoms with Crippen molar-refractivity contribution in [2.24, 2.45) is 14.1 Å². The predicted octanol–water partition coefficient (Wildman–Crippen LogP) is 2.59. The summed E-state index contributed by atoms with van der Waals surface area (Å²) in [6.45, 7) is 3.78. The number of fused-ring (bicyclic) bond motifs is 1. The molecule has 0 aliphatic heterocycles. The maximum absolute atomic E-state index is 12.1. The molecule has 2 heterocycles. The van der Waals surface area contributed by atoms with Crippen LogP contribution in [0.1, 0.15) is 13.8 Å². The number of aryl methyl sites for hydroxylation is 2. The fourth-order valence-corrected chi connectivity index (χ4v) is 2.64. The molecule has 2 aromatic heterocycles. The van der Waals surface area contributed by atoms with Gasteiger partial charge in [0.25, 0.3) is 0 Å². The molecule has 26 heavy (non-hydrogen) atoms. The second kappa shape index (κ2) is 6.91. The molecule has 8 heteroatoms. The van der Waals surface area contributed by atoms with Gasteiger partial charge < -0.3 is 15.4 Å². The third kappa shape index (κ3) is 3.39. The highest BCUT2D eigenvalue weighted by Gasteiger charge is 2.14. The minimum atomic E-state index is -0.260. The standard InChI is InChI=1S/C18H21N5O3/c1-11(2)20-17(24)21-12-5-7-13(8-6-12)26-14-9-10-19-16-15(14)22(3)18(25)23(16)4/h5-11H,1-4H3,(H2,20,21,24). The lowest BCUT2D eigenvalue weighted by Gasteiger charge is -2.11. The Morgan fingerprint density at radius 2 is 1.81 bits per heavy atom. The molecule has 3 rings (SSSR count). The topological polar surface area (TPSA) is 90.2 Å². The first-order chi connectivity index (χ1) is 12.4. The van der Waals surface area contributed by atoms with E-state index in [0.717, 1.165) is 0 Å². The second-order valence-corrected chi connectivity index (χ2v) is 6.26. The van der Waals surface area contributed by atoms with E-state index in [1.165, 1.54) is 9.13 Å². The molecule has 0 unspecified atom stereocenters. The Bertz CT molecular complexity index is 1000. The van der Waals surface area contributed by atoms with E-state index in [9.17, 15) is 9.59 Å². The highest BCUT2D eigenvalue weighted by Crippen LogP contribution is 2.28. The van der Waals surface area contributed by atoms with Crippen LogP contribution in [-0.2, 0) is 14.1 Å². The zero-order valence-electron chi connectivity index (χ0n) is 15.1. The summed E-state index contributed by atoms with van der Waals surface area (Å²) < 4.78 is 8.90. The van der Waals surface area contributed by atoms with Crippen molar-refractivity contribution in [3.05, 3.63) is 47.0 Å². The largest absolute Gasteiger partial charge is 0.455 e. The van der Waals surface area contributed by atoms with Gasteiger partial charge in [-0.05, 0) is 38.1 Å². The predicted molar refractivity (Wildman–Crippen MR) is 99.8 cm³/mol. The van der Waals surface area contributed by atoms with E-state index >= 15 is 0 Å². The number of benzene rings is 1. The number of hydrogen-bond acceptors (Lipinski definition) is 4. The number of amides is 2. The number of anilines is 1. The quantitative estimate of drug-likeness (QED) is 0.753. The Hall–Kier alpha value is -3.29. The van der Waals surface area contributed by atoms with Crippen LogP contribution in [0.25, 0.3) is 11.2 Å². The van der Waals surface area contributed by atoms with Gasteiger partial charge in [0.05, 0.1) is 0 Å². The average Bonchev–Trinajstić information content (AvgIpc) is 2.81. The molecule has 0 atom stereocenters. The maximum atomic E-state index is 12.1. The molecule has 0 aliphatic carbocycles. The number of carbonyl (C=O) groups is 1. The molecule has 0 spiro atoms. The number of nitrogens with zero attached hydrogens (tertiary/aromatic N) is 3. The van der Waals surface area contributed by atoms with Crippen molar-refractivity contribution in [2.75, 3.05) is 5.32 Å². The SMILES string of the molecule is CC(C)NC(=O)Nc1ccc(Oc2ccnc3c2n(C)c(=O)n3C)cc1. The Morgan fingerprint density at radius 1 is 1.12 bits per heavy atom. The van der Waals surface area contributed by atoms with Gasteiger partial charge in [0.15, 0.2) is 11.4 Å². The van der Waals surface area contributed by atoms with E-state index in [1.807, 2.05) is 13.8 Å². The van der Waals surface area contributed by atoms with Crippen molar-refractivity contribution in [2.45, 2.75) is 19.9 Å². The Morgan fingerprint density at radius 3 is 2.46 bits per heavy atom. The Labute approximate surface area is 150 Å². The van der Waals surface area contributed by atoms with Crippen LogP contribution in [0.15, 0.2) is 41.3 Å². The van der Waals surface area contributed by atoms with E-state index in [1.54, 1.807) is 50.6 Å². The lowest BCUT2D eigenvalue weighted by atomic mass is 10.3. The van der Waals surface area contributed by atoms with Gasteiger partial charge in [-0.1, -0.05) is 0 Å². The number of carbonyl (C=O) groups excluding carboxylic acids is 1. The van der Waals surface area contributed by atoms with Crippen molar-refractivity contribution in [1.29, 1.82) is 0 Å². The normalized spacial score (nSPS) is 11.0. The zero-order valence-corrected chi connectivity index (χ0v) is 15.1. The van der Waals surface area contributed by atoms with Gasteiger partial charge in [0, 0.05) is 38.1 Å². The summed E-state index contributed by atoms with van der Waals surface area (Å²) in [6.07, 6.45) is 1.60. The molecule has 2 N–H and O–H groups in total. The molecule has 2 amide bonds. The van der Waals surface area contributed by atoms with Crippen LogP contribution in [0.3, 0.4) is 0 Å². The average molecular weight is 355 g/mol. The summed E-state index contributed by atoms with van der Waals surface area (Å²) in [5, 5.41) is 5.51. The molecule has 8 nitrogen and oxygen atoms in total. The lowest BCUT2D eigenvalue weighted by molar-refractivity contribution is 0.250. The number of rotatable bonds is 4. The van der Waals surface area contributed by atoms with Crippen molar-refractivity contribution < 1.29 is 9.53 Å². The van der Waals surface area contributed by atoms with Crippen molar-refractivity contribution >= 4 is 22.9 Å². The fourth-order valence-electron chi connectivity index (χ4n) is 2.64. The number of pyridine rings is 1. The van der Waals surface area contributed by atoms with Gasteiger partial charge in [-0.2, -0.15) is 0 Å².